The monoisotopic (exact) mass is 389 g/mol. The summed E-state index contributed by atoms with van der Waals surface area (Å²) in [4.78, 5) is 28.2. The number of methoxy groups -OCH3 is 1. The van der Waals surface area contributed by atoms with Gasteiger partial charge in [0, 0.05) is 24.0 Å². The average Bonchev–Trinajstić information content (AvgIpc) is 2.75. The molecular formula is C23H23N3O3. The predicted molar refractivity (Wildman–Crippen MR) is 114 cm³/mol. The maximum Gasteiger partial charge on any atom is 0.257 e. The second kappa shape index (κ2) is 9.50. The molecular weight excluding hydrogens is 366 g/mol. The first kappa shape index (κ1) is 20.1. The van der Waals surface area contributed by atoms with Crippen LogP contribution in [0.15, 0.2) is 66.9 Å². The number of aromatic nitrogens is 1. The number of ether oxygens (including phenoxy) is 1. The second-order valence-electron chi connectivity index (χ2n) is 6.55. The first-order chi connectivity index (χ1) is 14.0. The number of hydrogen-bond donors (Lipinski definition) is 2. The summed E-state index contributed by atoms with van der Waals surface area (Å²) >= 11 is 0. The minimum absolute atomic E-state index is 0.0483. The molecule has 3 aromatic rings. The van der Waals surface area contributed by atoms with Gasteiger partial charge in [0.25, 0.3) is 5.91 Å². The molecule has 1 amide bonds. The van der Waals surface area contributed by atoms with Crippen LogP contribution in [0.25, 0.3) is 0 Å². The summed E-state index contributed by atoms with van der Waals surface area (Å²) in [5.74, 6) is 1.22. The molecule has 29 heavy (non-hydrogen) atoms. The smallest absolute Gasteiger partial charge is 0.257 e. The zero-order valence-electron chi connectivity index (χ0n) is 16.4. The number of pyridine rings is 1. The summed E-state index contributed by atoms with van der Waals surface area (Å²) in [6.07, 6.45) is 2.38. The van der Waals surface area contributed by atoms with Crippen molar-refractivity contribution in [2.75, 3.05) is 24.3 Å². The lowest BCUT2D eigenvalue weighted by Crippen LogP contribution is -2.13. The Morgan fingerprint density at radius 3 is 2.45 bits per heavy atom. The summed E-state index contributed by atoms with van der Waals surface area (Å²) in [6.45, 7) is 2.22. The molecule has 0 radical (unpaired) electrons. The number of benzene rings is 2. The van der Waals surface area contributed by atoms with Crippen molar-refractivity contribution in [2.45, 2.75) is 13.3 Å². The highest BCUT2D eigenvalue weighted by molar-refractivity contribution is 6.05. The Balaban J connectivity index is 1.53. The maximum atomic E-state index is 12.4. The molecule has 6 nitrogen and oxygen atoms in total. The number of hydrogen-bond acceptors (Lipinski definition) is 5. The largest absolute Gasteiger partial charge is 0.497 e. The fourth-order valence-corrected chi connectivity index (χ4v) is 2.78. The van der Waals surface area contributed by atoms with Crippen LogP contribution in [0, 0.1) is 0 Å². The summed E-state index contributed by atoms with van der Waals surface area (Å²) in [5.41, 5.74) is 2.77. The van der Waals surface area contributed by atoms with Crippen LogP contribution in [0.2, 0.25) is 0 Å². The Kier molecular flexibility index (Phi) is 6.58. The van der Waals surface area contributed by atoms with Crippen molar-refractivity contribution in [2.24, 2.45) is 0 Å². The number of ketones is 1. The van der Waals surface area contributed by atoms with Gasteiger partial charge < -0.3 is 15.4 Å². The first-order valence-corrected chi connectivity index (χ1v) is 9.30. The number of carbonyl (C=O) groups is 2. The molecule has 0 saturated carbocycles. The van der Waals surface area contributed by atoms with Crippen LogP contribution in [-0.4, -0.2) is 30.3 Å². The lowest BCUT2D eigenvalue weighted by molar-refractivity contribution is 0.101. The van der Waals surface area contributed by atoms with Crippen LogP contribution in [0.5, 0.6) is 5.75 Å². The quantitative estimate of drug-likeness (QED) is 0.565. The van der Waals surface area contributed by atoms with Gasteiger partial charge in [-0.25, -0.2) is 4.98 Å². The number of nitrogens with zero attached hydrogens (tertiary/aromatic N) is 1. The molecule has 1 aromatic heterocycles. The normalized spacial score (nSPS) is 10.3. The number of amides is 1. The molecule has 3 rings (SSSR count). The van der Waals surface area contributed by atoms with Crippen LogP contribution < -0.4 is 15.4 Å². The van der Waals surface area contributed by atoms with E-state index in [2.05, 4.69) is 15.6 Å². The fraction of sp³-hybridized carbons (Fsp3) is 0.174. The van der Waals surface area contributed by atoms with Gasteiger partial charge in [-0.2, -0.15) is 0 Å². The first-order valence-electron chi connectivity index (χ1n) is 9.30. The van der Waals surface area contributed by atoms with Gasteiger partial charge in [0.2, 0.25) is 0 Å². The molecule has 0 fully saturated rings. The van der Waals surface area contributed by atoms with Gasteiger partial charge in [-0.05, 0) is 55.3 Å². The van der Waals surface area contributed by atoms with Gasteiger partial charge in [-0.15, -0.1) is 0 Å². The minimum atomic E-state index is -0.275. The Labute approximate surface area is 169 Å². The summed E-state index contributed by atoms with van der Waals surface area (Å²) in [7, 11) is 1.65. The number of nitrogens with one attached hydrogen (secondary N) is 2. The summed E-state index contributed by atoms with van der Waals surface area (Å²) < 4.78 is 5.15. The second-order valence-corrected chi connectivity index (χ2v) is 6.55. The SMILES string of the molecule is COc1ccc(CCNc2ccc(C(=O)Nc3cccc(C(C)=O)c3)cn2)cc1. The van der Waals surface area contributed by atoms with Gasteiger partial charge >= 0.3 is 0 Å². The van der Waals surface area contributed by atoms with Gasteiger partial charge in [0.1, 0.15) is 11.6 Å². The molecule has 6 heteroatoms. The van der Waals surface area contributed by atoms with E-state index < -0.39 is 0 Å². The number of Topliss-reactive ketones (excluding diaryl/α,β-unsaturated/α-hetero) is 1. The highest BCUT2D eigenvalue weighted by atomic mass is 16.5. The molecule has 0 spiro atoms. The van der Waals surface area contributed by atoms with Crippen molar-refractivity contribution in [1.29, 1.82) is 0 Å². The highest BCUT2D eigenvalue weighted by Gasteiger charge is 2.08. The van der Waals surface area contributed by atoms with Crippen LogP contribution >= 0.6 is 0 Å². The number of anilines is 2. The molecule has 2 N–H and O–H groups in total. The van der Waals surface area contributed by atoms with E-state index in [-0.39, 0.29) is 11.7 Å². The maximum absolute atomic E-state index is 12.4. The molecule has 0 aliphatic rings. The zero-order valence-corrected chi connectivity index (χ0v) is 16.4. The molecule has 0 aliphatic carbocycles. The molecule has 0 saturated heterocycles. The minimum Gasteiger partial charge on any atom is -0.497 e. The van der Waals surface area contributed by atoms with Crippen molar-refractivity contribution < 1.29 is 14.3 Å². The third-order valence-corrected chi connectivity index (χ3v) is 4.43. The Morgan fingerprint density at radius 2 is 1.79 bits per heavy atom. The average molecular weight is 389 g/mol. The standard InChI is InChI=1S/C23H23N3O3/c1-16(27)18-4-3-5-20(14-18)26-23(28)19-8-11-22(25-15-19)24-13-12-17-6-9-21(29-2)10-7-17/h3-11,14-15H,12-13H2,1-2H3,(H,24,25)(H,26,28). The van der Waals surface area contributed by atoms with Crippen LogP contribution in [0.1, 0.15) is 33.2 Å². The van der Waals surface area contributed by atoms with E-state index >= 15 is 0 Å². The van der Waals surface area contributed by atoms with Crippen molar-refractivity contribution >= 4 is 23.2 Å². The molecule has 0 unspecified atom stereocenters. The summed E-state index contributed by atoms with van der Waals surface area (Å²) in [5, 5.41) is 6.03. The van der Waals surface area contributed by atoms with Crippen LogP contribution in [0.3, 0.4) is 0 Å². The number of carbonyl (C=O) groups excluding carboxylic acids is 2. The lowest BCUT2D eigenvalue weighted by Gasteiger charge is -2.08. The molecule has 0 aliphatic heterocycles. The zero-order chi connectivity index (χ0) is 20.6. The van der Waals surface area contributed by atoms with E-state index in [0.717, 1.165) is 18.7 Å². The number of rotatable bonds is 8. The van der Waals surface area contributed by atoms with Crippen molar-refractivity contribution in [3.8, 4) is 5.75 Å². The molecule has 0 bridgehead atoms. The Bertz CT molecular complexity index is 983. The van der Waals surface area contributed by atoms with E-state index in [1.165, 1.54) is 18.7 Å². The van der Waals surface area contributed by atoms with Crippen molar-refractivity contribution in [1.82, 2.24) is 4.98 Å². The van der Waals surface area contributed by atoms with Crippen molar-refractivity contribution in [3.05, 3.63) is 83.6 Å². The van der Waals surface area contributed by atoms with E-state index in [4.69, 9.17) is 4.74 Å². The topological polar surface area (TPSA) is 80.3 Å². The third-order valence-electron chi connectivity index (χ3n) is 4.43. The summed E-state index contributed by atoms with van der Waals surface area (Å²) in [6, 6.07) is 18.3. The molecule has 2 aromatic carbocycles. The van der Waals surface area contributed by atoms with Crippen molar-refractivity contribution in [3.63, 3.8) is 0 Å². The van der Waals surface area contributed by atoms with Gasteiger partial charge in [-0.3, -0.25) is 9.59 Å². The van der Waals surface area contributed by atoms with Crippen LogP contribution in [0.4, 0.5) is 11.5 Å². The van der Waals surface area contributed by atoms with Gasteiger partial charge in [-0.1, -0.05) is 24.3 Å². The van der Waals surface area contributed by atoms with Crippen LogP contribution in [-0.2, 0) is 6.42 Å². The van der Waals surface area contributed by atoms with E-state index in [0.29, 0.717) is 22.6 Å². The fourth-order valence-electron chi connectivity index (χ4n) is 2.78. The van der Waals surface area contributed by atoms with Gasteiger partial charge in [0.15, 0.2) is 5.78 Å². The van der Waals surface area contributed by atoms with Gasteiger partial charge in [0.05, 0.1) is 12.7 Å². The van der Waals surface area contributed by atoms with E-state index in [9.17, 15) is 9.59 Å². The van der Waals surface area contributed by atoms with E-state index in [1.807, 2.05) is 24.3 Å². The highest BCUT2D eigenvalue weighted by Crippen LogP contribution is 2.14. The molecule has 1 heterocycles. The molecule has 0 atom stereocenters. The molecule has 148 valence electrons. The third kappa shape index (κ3) is 5.65. The lowest BCUT2D eigenvalue weighted by atomic mass is 10.1. The predicted octanol–water partition coefficient (Wildman–Crippen LogP) is 4.20. The Morgan fingerprint density at radius 1 is 1.00 bits per heavy atom. The van der Waals surface area contributed by atoms with E-state index in [1.54, 1.807) is 43.5 Å². The Hall–Kier alpha value is -3.67.